The van der Waals surface area contributed by atoms with Gasteiger partial charge in [0.05, 0.1) is 0 Å². The van der Waals surface area contributed by atoms with Crippen molar-refractivity contribution in [3.8, 4) is 0 Å². The average molecular weight is 186 g/mol. The van der Waals surface area contributed by atoms with Crippen molar-refractivity contribution in [3.63, 3.8) is 0 Å². The molecule has 0 bridgehead atoms. The third-order valence-electron chi connectivity index (χ3n) is 2.46. The normalized spacial score (nSPS) is 14.2. The Morgan fingerprint density at radius 3 is 2.25 bits per heavy atom. The van der Waals surface area contributed by atoms with E-state index in [9.17, 15) is 0 Å². The summed E-state index contributed by atoms with van der Waals surface area (Å²) in [7, 11) is 4.28. The van der Waals surface area contributed by atoms with Crippen molar-refractivity contribution in [1.29, 1.82) is 0 Å². The summed E-state index contributed by atoms with van der Waals surface area (Å²) in [5, 5.41) is 0. The average Bonchev–Trinajstić information content (AvgIpc) is 2.02. The molecule has 0 aromatic carbocycles. The zero-order valence-electron chi connectivity index (χ0n) is 9.30. The summed E-state index contributed by atoms with van der Waals surface area (Å²) in [5.41, 5.74) is 0. The van der Waals surface area contributed by atoms with Crippen LogP contribution in [-0.4, -0.2) is 58.5 Å². The quantitative estimate of drug-likeness (QED) is 0.560. The Morgan fingerprint density at radius 2 is 1.83 bits per heavy atom. The van der Waals surface area contributed by atoms with E-state index in [1.54, 1.807) is 0 Å². The fraction of sp³-hybridized carbons (Fsp3) is 1.00. The van der Waals surface area contributed by atoms with E-state index in [1.165, 1.54) is 42.4 Å². The largest absolute Gasteiger partial charge is 0.388 e. The molecule has 0 radical (unpaired) electrons. The molecular formula is C9H23AlN2. The second-order valence-electron chi connectivity index (χ2n) is 3.89. The zero-order chi connectivity index (χ0) is 9.56. The van der Waals surface area contributed by atoms with Crippen LogP contribution in [0.4, 0.5) is 0 Å². The predicted molar refractivity (Wildman–Crippen MR) is 58.2 cm³/mol. The maximum Gasteiger partial charge on any atom is 0.322 e. The predicted octanol–water partition coefficient (Wildman–Crippen LogP) is 0.587. The summed E-state index contributed by atoms with van der Waals surface area (Å²) in [4.78, 5) is 2.26. The van der Waals surface area contributed by atoms with Crippen LogP contribution in [0.1, 0.15) is 26.7 Å². The lowest BCUT2D eigenvalue weighted by Gasteiger charge is -2.25. The van der Waals surface area contributed by atoms with Crippen LogP contribution < -0.4 is 0 Å². The van der Waals surface area contributed by atoms with E-state index in [4.69, 9.17) is 0 Å². The van der Waals surface area contributed by atoms with Crippen LogP contribution in [0.15, 0.2) is 0 Å². The Bertz CT molecular complexity index is 107. The lowest BCUT2D eigenvalue weighted by atomic mass is 10.2. The van der Waals surface area contributed by atoms with E-state index in [2.05, 4.69) is 36.7 Å². The highest BCUT2D eigenvalue weighted by molar-refractivity contribution is 6.04. The van der Waals surface area contributed by atoms with E-state index in [1.807, 2.05) is 0 Å². The van der Waals surface area contributed by atoms with E-state index in [-0.39, 0.29) is 0 Å². The first kappa shape index (κ1) is 12.5. The van der Waals surface area contributed by atoms with Gasteiger partial charge in [-0.3, -0.25) is 0 Å². The Labute approximate surface area is 85.6 Å². The van der Waals surface area contributed by atoms with Crippen molar-refractivity contribution in [3.05, 3.63) is 0 Å². The number of hydrogen-bond donors (Lipinski definition) is 0. The molecular weight excluding hydrogens is 163 g/mol. The molecule has 0 amide bonds. The number of rotatable bonds is 6. The lowest BCUT2D eigenvalue weighted by molar-refractivity contribution is 0.314. The molecule has 0 aromatic rings. The van der Waals surface area contributed by atoms with Gasteiger partial charge in [0.2, 0.25) is 0 Å². The van der Waals surface area contributed by atoms with Crippen LogP contribution >= 0.6 is 0 Å². The summed E-state index contributed by atoms with van der Waals surface area (Å²) < 4.78 is 2.57. The molecule has 0 rings (SSSR count). The SMILES string of the molecule is CCC(C)[N]([AlH2])CCCN(C)C. The van der Waals surface area contributed by atoms with Gasteiger partial charge in [0.1, 0.15) is 0 Å². The third-order valence-corrected chi connectivity index (χ3v) is 3.79. The van der Waals surface area contributed by atoms with Crippen molar-refractivity contribution in [2.45, 2.75) is 32.7 Å². The van der Waals surface area contributed by atoms with Gasteiger partial charge in [-0.2, -0.15) is 0 Å². The van der Waals surface area contributed by atoms with Gasteiger partial charge in [0.25, 0.3) is 0 Å². The minimum Gasteiger partial charge on any atom is -0.388 e. The van der Waals surface area contributed by atoms with Gasteiger partial charge in [0, 0.05) is 0 Å². The second-order valence-corrected chi connectivity index (χ2v) is 5.04. The van der Waals surface area contributed by atoms with Crippen LogP contribution in [0, 0.1) is 0 Å². The summed E-state index contributed by atoms with van der Waals surface area (Å²) in [5.74, 6) is 0. The molecule has 0 aliphatic carbocycles. The summed E-state index contributed by atoms with van der Waals surface area (Å²) in [6.07, 6.45) is 2.59. The Morgan fingerprint density at radius 1 is 1.25 bits per heavy atom. The highest BCUT2D eigenvalue weighted by Gasteiger charge is 2.04. The summed E-state index contributed by atoms with van der Waals surface area (Å²) >= 11 is 1.21. The fourth-order valence-corrected chi connectivity index (χ4v) is 1.85. The number of hydrogen-bond acceptors (Lipinski definition) is 2. The molecule has 0 aromatic heterocycles. The third kappa shape index (κ3) is 6.02. The molecule has 3 heteroatoms. The van der Waals surface area contributed by atoms with Crippen molar-refractivity contribution >= 4 is 16.5 Å². The molecule has 0 N–H and O–H groups in total. The van der Waals surface area contributed by atoms with Crippen molar-refractivity contribution in [2.24, 2.45) is 0 Å². The minimum atomic E-state index is 0.791. The molecule has 0 aliphatic heterocycles. The molecule has 0 saturated heterocycles. The lowest BCUT2D eigenvalue weighted by Crippen LogP contribution is -2.32. The van der Waals surface area contributed by atoms with Crippen molar-refractivity contribution in [2.75, 3.05) is 27.2 Å². The van der Waals surface area contributed by atoms with Gasteiger partial charge < -0.3 is 8.78 Å². The monoisotopic (exact) mass is 186 g/mol. The Balaban J connectivity index is 3.37. The van der Waals surface area contributed by atoms with Crippen LogP contribution in [0.25, 0.3) is 0 Å². The molecule has 0 aliphatic rings. The smallest absolute Gasteiger partial charge is 0.322 e. The minimum absolute atomic E-state index is 0.791. The first-order valence-electron chi connectivity index (χ1n) is 4.93. The molecule has 12 heavy (non-hydrogen) atoms. The molecule has 72 valence electrons. The molecule has 1 atom stereocenters. The maximum absolute atomic E-state index is 2.57. The molecule has 1 unspecified atom stereocenters. The highest BCUT2D eigenvalue weighted by atomic mass is 27.1. The number of nitrogens with zero attached hydrogens (tertiary/aromatic N) is 2. The van der Waals surface area contributed by atoms with E-state index in [0.717, 1.165) is 6.04 Å². The highest BCUT2D eigenvalue weighted by Crippen LogP contribution is 1.99. The van der Waals surface area contributed by atoms with Gasteiger partial charge in [-0.1, -0.05) is 13.8 Å². The maximum atomic E-state index is 2.57. The van der Waals surface area contributed by atoms with Crippen molar-refractivity contribution in [1.82, 2.24) is 8.78 Å². The molecule has 0 fully saturated rings. The van der Waals surface area contributed by atoms with Crippen LogP contribution in [0.2, 0.25) is 0 Å². The van der Waals surface area contributed by atoms with E-state index in [0.29, 0.717) is 0 Å². The molecule has 0 heterocycles. The fourth-order valence-electron chi connectivity index (χ4n) is 1.17. The zero-order valence-corrected chi connectivity index (χ0v) is 11.3. The van der Waals surface area contributed by atoms with Gasteiger partial charge in [-0.15, -0.1) is 0 Å². The first-order valence-corrected chi connectivity index (χ1v) is 5.82. The van der Waals surface area contributed by atoms with E-state index < -0.39 is 0 Å². The first-order chi connectivity index (χ1) is 5.57. The molecule has 2 nitrogen and oxygen atoms in total. The van der Waals surface area contributed by atoms with Crippen LogP contribution in [-0.2, 0) is 0 Å². The van der Waals surface area contributed by atoms with Crippen molar-refractivity contribution < 1.29 is 0 Å². The van der Waals surface area contributed by atoms with Gasteiger partial charge in [-0.25, -0.2) is 0 Å². The Hall–Kier alpha value is 0.452. The van der Waals surface area contributed by atoms with Gasteiger partial charge in [0.15, 0.2) is 0 Å². The summed E-state index contributed by atoms with van der Waals surface area (Å²) in [6.45, 7) is 7.08. The van der Waals surface area contributed by atoms with E-state index >= 15 is 0 Å². The molecule has 0 spiro atoms. The second kappa shape index (κ2) is 6.91. The molecule has 0 saturated carbocycles. The topological polar surface area (TPSA) is 6.48 Å². The standard InChI is InChI=1S/C9H21N2.Al.2H/c1-5-9(2)10-7-6-8-11(3)4;;;/h9H,5-8H2,1-4H3;;;/q-1;+1;;. The van der Waals surface area contributed by atoms with Gasteiger partial charge >= 0.3 is 16.5 Å². The van der Waals surface area contributed by atoms with Crippen LogP contribution in [0.5, 0.6) is 0 Å². The van der Waals surface area contributed by atoms with Gasteiger partial charge in [-0.05, 0) is 46.1 Å². The Kier molecular flexibility index (Phi) is 7.17. The summed E-state index contributed by atoms with van der Waals surface area (Å²) in [6, 6.07) is 0.791. The van der Waals surface area contributed by atoms with Crippen LogP contribution in [0.3, 0.4) is 0 Å².